The van der Waals surface area contributed by atoms with Crippen molar-refractivity contribution in [3.05, 3.63) is 37.5 Å². The number of hydrogen-bond acceptors (Lipinski definition) is 4. The molecule has 0 amide bonds. The van der Waals surface area contributed by atoms with Gasteiger partial charge in [0.25, 0.3) is 5.56 Å². The van der Waals surface area contributed by atoms with E-state index in [-0.39, 0.29) is 10.2 Å². The van der Waals surface area contributed by atoms with Crippen LogP contribution in [0, 0.1) is 0 Å². The predicted molar refractivity (Wildman–Crippen MR) is 60.8 cm³/mol. The number of hydrogen-bond donors (Lipinski definition) is 2. The lowest BCUT2D eigenvalue weighted by Crippen LogP contribution is -2.30. The number of carboxylic acid groups (broad SMARTS) is 1. The molecule has 0 aromatic carbocycles. The van der Waals surface area contributed by atoms with Gasteiger partial charge < -0.3 is 10.2 Å². The van der Waals surface area contributed by atoms with E-state index in [2.05, 4.69) is 26.0 Å². The van der Waals surface area contributed by atoms with Crippen molar-refractivity contribution >= 4 is 21.9 Å². The summed E-state index contributed by atoms with van der Waals surface area (Å²) in [5.41, 5.74) is 7.50. The monoisotopic (exact) mass is 302 g/mol. The maximum absolute atomic E-state index is 11.5. The first-order valence-corrected chi connectivity index (χ1v) is 5.11. The summed E-state index contributed by atoms with van der Waals surface area (Å²) in [5, 5.41) is 21.4. The van der Waals surface area contributed by atoms with E-state index < -0.39 is 24.1 Å². The molecule has 1 aromatic heterocycles. The molecule has 0 aliphatic heterocycles. The van der Waals surface area contributed by atoms with Crippen LogP contribution in [0.15, 0.2) is 26.6 Å². The summed E-state index contributed by atoms with van der Waals surface area (Å²) in [4.78, 5) is 24.9. The van der Waals surface area contributed by atoms with Gasteiger partial charge in [-0.15, -0.1) is 0 Å². The number of aliphatic carboxylic acids is 1. The molecule has 0 bridgehead atoms. The van der Waals surface area contributed by atoms with E-state index in [9.17, 15) is 14.7 Å². The normalized spacial score (nSPS) is 11.6. The molecular weight excluding hydrogens is 296 g/mol. The average Bonchev–Trinajstić information content (AvgIpc) is 2.25. The SMILES string of the molecule is [N-]=[N+]=NCC(C(=O)O)n1cc(O)c(Br)cc1=O. The van der Waals surface area contributed by atoms with E-state index in [1.54, 1.807) is 0 Å². The summed E-state index contributed by atoms with van der Waals surface area (Å²) in [6.07, 6.45) is 0.970. The van der Waals surface area contributed by atoms with Gasteiger partial charge in [0.1, 0.15) is 11.8 Å². The number of carboxylic acids is 1. The zero-order valence-electron chi connectivity index (χ0n) is 8.32. The van der Waals surface area contributed by atoms with Gasteiger partial charge in [0.2, 0.25) is 0 Å². The van der Waals surface area contributed by atoms with Crippen molar-refractivity contribution in [2.24, 2.45) is 5.11 Å². The van der Waals surface area contributed by atoms with Crippen LogP contribution >= 0.6 is 15.9 Å². The summed E-state index contributed by atoms with van der Waals surface area (Å²) in [6, 6.07) is -0.321. The first-order valence-electron chi connectivity index (χ1n) is 4.31. The Morgan fingerprint density at radius 1 is 1.71 bits per heavy atom. The molecular formula is C8H7BrN4O4. The molecule has 1 atom stereocenters. The van der Waals surface area contributed by atoms with Crippen molar-refractivity contribution in [1.29, 1.82) is 0 Å². The van der Waals surface area contributed by atoms with Gasteiger partial charge in [-0.3, -0.25) is 9.36 Å². The topological polar surface area (TPSA) is 128 Å². The van der Waals surface area contributed by atoms with Crippen molar-refractivity contribution in [2.45, 2.75) is 6.04 Å². The Balaban J connectivity index is 3.28. The minimum absolute atomic E-state index is 0.159. The second-order valence-electron chi connectivity index (χ2n) is 3.02. The van der Waals surface area contributed by atoms with E-state index in [1.807, 2.05) is 0 Å². The summed E-state index contributed by atoms with van der Waals surface area (Å²) in [5.74, 6) is -1.61. The van der Waals surface area contributed by atoms with Gasteiger partial charge in [-0.1, -0.05) is 5.11 Å². The predicted octanol–water partition coefficient (Wildman–Crippen LogP) is 1.25. The molecule has 8 nitrogen and oxygen atoms in total. The molecule has 90 valence electrons. The largest absolute Gasteiger partial charge is 0.505 e. The molecule has 0 radical (unpaired) electrons. The molecule has 0 saturated heterocycles. The third-order valence-electron chi connectivity index (χ3n) is 1.95. The molecule has 1 aromatic rings. The van der Waals surface area contributed by atoms with Crippen molar-refractivity contribution in [2.75, 3.05) is 6.54 Å². The van der Waals surface area contributed by atoms with Gasteiger partial charge in [-0.05, 0) is 21.5 Å². The molecule has 1 heterocycles. The summed E-state index contributed by atoms with van der Waals surface area (Å²) < 4.78 is 0.948. The smallest absolute Gasteiger partial charge is 0.326 e. The molecule has 17 heavy (non-hydrogen) atoms. The van der Waals surface area contributed by atoms with Crippen LogP contribution in [0.1, 0.15) is 6.04 Å². The highest BCUT2D eigenvalue weighted by Gasteiger charge is 2.20. The fourth-order valence-electron chi connectivity index (χ4n) is 1.16. The molecule has 0 fully saturated rings. The summed E-state index contributed by atoms with van der Waals surface area (Å²) >= 11 is 2.93. The van der Waals surface area contributed by atoms with Crippen LogP contribution in [0.4, 0.5) is 0 Å². The van der Waals surface area contributed by atoms with E-state index in [0.717, 1.165) is 16.8 Å². The van der Waals surface area contributed by atoms with Crippen LogP contribution in [-0.4, -0.2) is 27.3 Å². The summed E-state index contributed by atoms with van der Waals surface area (Å²) in [7, 11) is 0. The van der Waals surface area contributed by atoms with Gasteiger partial charge in [0, 0.05) is 11.0 Å². The molecule has 0 aliphatic carbocycles. The third-order valence-corrected chi connectivity index (χ3v) is 2.58. The fourth-order valence-corrected chi connectivity index (χ4v) is 1.45. The highest BCUT2D eigenvalue weighted by atomic mass is 79.9. The van der Waals surface area contributed by atoms with Crippen LogP contribution in [0.5, 0.6) is 5.75 Å². The van der Waals surface area contributed by atoms with Crippen molar-refractivity contribution in [1.82, 2.24) is 4.57 Å². The molecule has 1 rings (SSSR count). The number of rotatable bonds is 4. The number of aromatic nitrogens is 1. The number of pyridine rings is 1. The number of azide groups is 1. The van der Waals surface area contributed by atoms with E-state index >= 15 is 0 Å². The van der Waals surface area contributed by atoms with Crippen LogP contribution in [0.25, 0.3) is 10.4 Å². The van der Waals surface area contributed by atoms with Crippen molar-refractivity contribution in [3.63, 3.8) is 0 Å². The Morgan fingerprint density at radius 3 is 2.88 bits per heavy atom. The van der Waals surface area contributed by atoms with Crippen molar-refractivity contribution < 1.29 is 15.0 Å². The Kier molecular flexibility index (Phi) is 4.13. The first-order chi connectivity index (χ1) is 7.97. The molecule has 1 unspecified atom stereocenters. The summed E-state index contributed by atoms with van der Waals surface area (Å²) in [6.45, 7) is -0.424. The van der Waals surface area contributed by atoms with Gasteiger partial charge in [-0.25, -0.2) is 4.79 Å². The lowest BCUT2D eigenvalue weighted by Gasteiger charge is -2.13. The van der Waals surface area contributed by atoms with Gasteiger partial charge >= 0.3 is 5.97 Å². The highest BCUT2D eigenvalue weighted by Crippen LogP contribution is 2.21. The quantitative estimate of drug-likeness (QED) is 0.492. The molecule has 0 saturated carbocycles. The number of aromatic hydroxyl groups is 1. The third kappa shape index (κ3) is 2.99. The molecule has 9 heteroatoms. The maximum atomic E-state index is 11.5. The second kappa shape index (κ2) is 5.37. The Morgan fingerprint density at radius 2 is 2.35 bits per heavy atom. The van der Waals surface area contributed by atoms with Crippen LogP contribution in [0.3, 0.4) is 0 Å². The molecule has 0 aliphatic rings. The van der Waals surface area contributed by atoms with Crippen LogP contribution in [0.2, 0.25) is 0 Å². The minimum Gasteiger partial charge on any atom is -0.505 e. The zero-order valence-corrected chi connectivity index (χ0v) is 9.90. The van der Waals surface area contributed by atoms with Gasteiger partial charge in [0.15, 0.2) is 0 Å². The van der Waals surface area contributed by atoms with Crippen LogP contribution in [-0.2, 0) is 4.79 Å². The molecule has 0 spiro atoms. The van der Waals surface area contributed by atoms with E-state index in [4.69, 9.17) is 10.6 Å². The average molecular weight is 303 g/mol. The van der Waals surface area contributed by atoms with Gasteiger partial charge in [0.05, 0.1) is 17.2 Å². The fraction of sp³-hybridized carbons (Fsp3) is 0.250. The van der Waals surface area contributed by atoms with E-state index in [1.165, 1.54) is 0 Å². The Labute approximate surface area is 103 Å². The Bertz CT molecular complexity index is 549. The number of halogens is 1. The highest BCUT2D eigenvalue weighted by molar-refractivity contribution is 9.10. The second-order valence-corrected chi connectivity index (χ2v) is 3.87. The minimum atomic E-state index is -1.35. The van der Waals surface area contributed by atoms with Gasteiger partial charge in [-0.2, -0.15) is 0 Å². The Hall–Kier alpha value is -1.99. The lowest BCUT2D eigenvalue weighted by atomic mass is 10.3. The first kappa shape index (κ1) is 13.1. The van der Waals surface area contributed by atoms with Crippen molar-refractivity contribution in [3.8, 4) is 5.75 Å². The standard InChI is InChI=1S/C8H7BrN4O4/c9-4-1-7(15)13(3-6(4)14)5(8(16)17)2-11-12-10/h1,3,5,14H,2H2,(H,16,17). The maximum Gasteiger partial charge on any atom is 0.326 e. The van der Waals surface area contributed by atoms with Crippen LogP contribution < -0.4 is 5.56 Å². The molecule has 2 N–H and O–H groups in total. The number of carbonyl (C=O) groups is 1. The lowest BCUT2D eigenvalue weighted by molar-refractivity contribution is -0.140. The zero-order chi connectivity index (χ0) is 13.0. The number of nitrogens with zero attached hydrogens (tertiary/aromatic N) is 4. The van der Waals surface area contributed by atoms with E-state index in [0.29, 0.717) is 0 Å².